The highest BCUT2D eigenvalue weighted by Gasteiger charge is 1.99. The van der Waals surface area contributed by atoms with E-state index >= 15 is 0 Å². The molecule has 11 heavy (non-hydrogen) atoms. The van der Waals surface area contributed by atoms with Crippen LogP contribution in [0, 0.1) is 0 Å². The van der Waals surface area contributed by atoms with Gasteiger partial charge in [0.2, 0.25) is 0 Å². The van der Waals surface area contributed by atoms with Crippen LogP contribution < -0.4 is 5.32 Å². The molecule has 0 aliphatic heterocycles. The molecule has 0 aromatic heterocycles. The maximum absolute atomic E-state index is 3.55. The third-order valence-corrected chi connectivity index (χ3v) is 2.74. The second-order valence-corrected chi connectivity index (χ2v) is 3.94. The van der Waals surface area contributed by atoms with E-state index in [2.05, 4.69) is 41.8 Å². The molecule has 0 aliphatic carbocycles. The van der Waals surface area contributed by atoms with Crippen LogP contribution in [0.5, 0.6) is 0 Å². The van der Waals surface area contributed by atoms with Crippen molar-refractivity contribution in [3.8, 4) is 0 Å². The summed E-state index contributed by atoms with van der Waals surface area (Å²) in [7, 11) is 0. The lowest BCUT2D eigenvalue weighted by Crippen LogP contribution is -2.28. The highest BCUT2D eigenvalue weighted by molar-refractivity contribution is 14.1. The number of hydrogen-bond donors (Lipinski definition) is 1. The number of hydrogen-bond acceptors (Lipinski definition) is 1. The van der Waals surface area contributed by atoms with E-state index in [4.69, 9.17) is 0 Å². The SMILES string of the molecule is CCC(CC)NCCCCI. The summed E-state index contributed by atoms with van der Waals surface area (Å²) in [5.41, 5.74) is 0. The molecule has 0 saturated carbocycles. The summed E-state index contributed by atoms with van der Waals surface area (Å²) in [5.74, 6) is 0. The summed E-state index contributed by atoms with van der Waals surface area (Å²) in [6, 6.07) is 0.754. The smallest absolute Gasteiger partial charge is 0.00618 e. The first kappa shape index (κ1) is 11.7. The highest BCUT2D eigenvalue weighted by atomic mass is 127. The van der Waals surface area contributed by atoms with E-state index in [-0.39, 0.29) is 0 Å². The molecule has 0 aromatic rings. The second kappa shape index (κ2) is 8.78. The molecule has 68 valence electrons. The Bertz CT molecular complexity index is 72.0. The summed E-state index contributed by atoms with van der Waals surface area (Å²) in [4.78, 5) is 0. The summed E-state index contributed by atoms with van der Waals surface area (Å²) < 4.78 is 1.29. The van der Waals surface area contributed by atoms with Gasteiger partial charge in [0.25, 0.3) is 0 Å². The molecule has 0 aliphatic rings. The minimum absolute atomic E-state index is 0.754. The average molecular weight is 269 g/mol. The van der Waals surface area contributed by atoms with E-state index in [1.54, 1.807) is 0 Å². The molecular formula is C9H20IN. The predicted molar refractivity (Wildman–Crippen MR) is 60.5 cm³/mol. The second-order valence-electron chi connectivity index (χ2n) is 2.86. The fourth-order valence-electron chi connectivity index (χ4n) is 1.10. The number of alkyl halides is 1. The standard InChI is InChI=1S/C9H20IN/c1-3-9(4-2)11-8-6-5-7-10/h9,11H,3-8H2,1-2H3. The monoisotopic (exact) mass is 269 g/mol. The van der Waals surface area contributed by atoms with Gasteiger partial charge in [-0.15, -0.1) is 0 Å². The lowest BCUT2D eigenvalue weighted by atomic mass is 10.1. The van der Waals surface area contributed by atoms with Gasteiger partial charge in [-0.1, -0.05) is 36.4 Å². The van der Waals surface area contributed by atoms with Gasteiger partial charge in [-0.2, -0.15) is 0 Å². The van der Waals surface area contributed by atoms with Crippen LogP contribution in [-0.4, -0.2) is 17.0 Å². The van der Waals surface area contributed by atoms with Gasteiger partial charge >= 0.3 is 0 Å². The minimum Gasteiger partial charge on any atom is -0.314 e. The van der Waals surface area contributed by atoms with Gasteiger partial charge in [-0.05, 0) is 36.7 Å². The molecule has 0 atom stereocenters. The van der Waals surface area contributed by atoms with Gasteiger partial charge in [0.1, 0.15) is 0 Å². The van der Waals surface area contributed by atoms with Crippen molar-refractivity contribution in [3.05, 3.63) is 0 Å². The Morgan fingerprint density at radius 3 is 2.27 bits per heavy atom. The van der Waals surface area contributed by atoms with E-state index < -0.39 is 0 Å². The topological polar surface area (TPSA) is 12.0 Å². The predicted octanol–water partition coefficient (Wildman–Crippen LogP) is 2.98. The lowest BCUT2D eigenvalue weighted by molar-refractivity contribution is 0.478. The fraction of sp³-hybridized carbons (Fsp3) is 1.00. The Hall–Kier alpha value is 0.690. The molecule has 1 nitrogen and oxygen atoms in total. The molecule has 2 heteroatoms. The molecule has 0 fully saturated rings. The van der Waals surface area contributed by atoms with Crippen molar-refractivity contribution in [1.29, 1.82) is 0 Å². The largest absolute Gasteiger partial charge is 0.314 e. The summed E-state index contributed by atoms with van der Waals surface area (Å²) in [5, 5.41) is 3.55. The molecule has 0 spiro atoms. The zero-order chi connectivity index (χ0) is 8.53. The summed E-state index contributed by atoms with van der Waals surface area (Å²) in [6.45, 7) is 5.70. The lowest BCUT2D eigenvalue weighted by Gasteiger charge is -2.13. The van der Waals surface area contributed by atoms with Crippen molar-refractivity contribution >= 4 is 22.6 Å². The molecule has 0 unspecified atom stereocenters. The van der Waals surface area contributed by atoms with E-state index in [0.29, 0.717) is 0 Å². The van der Waals surface area contributed by atoms with Crippen molar-refractivity contribution < 1.29 is 0 Å². The summed E-state index contributed by atoms with van der Waals surface area (Å²) >= 11 is 2.44. The van der Waals surface area contributed by atoms with Crippen molar-refractivity contribution in [2.24, 2.45) is 0 Å². The van der Waals surface area contributed by atoms with Gasteiger partial charge in [0.05, 0.1) is 0 Å². The van der Waals surface area contributed by atoms with Gasteiger partial charge < -0.3 is 5.32 Å². The molecule has 0 aromatic carbocycles. The molecular weight excluding hydrogens is 249 g/mol. The molecule has 0 bridgehead atoms. The van der Waals surface area contributed by atoms with Gasteiger partial charge in [0, 0.05) is 6.04 Å². The maximum Gasteiger partial charge on any atom is 0.00618 e. The van der Waals surface area contributed by atoms with E-state index in [1.807, 2.05) is 0 Å². The molecule has 0 rings (SSSR count). The number of nitrogens with one attached hydrogen (secondary N) is 1. The van der Waals surface area contributed by atoms with E-state index in [9.17, 15) is 0 Å². The van der Waals surface area contributed by atoms with Crippen LogP contribution in [0.4, 0.5) is 0 Å². The average Bonchev–Trinajstić information content (AvgIpc) is 2.05. The van der Waals surface area contributed by atoms with Gasteiger partial charge in [0.15, 0.2) is 0 Å². The normalized spacial score (nSPS) is 10.9. The van der Waals surface area contributed by atoms with E-state index in [1.165, 1.54) is 36.7 Å². The Kier molecular flexibility index (Phi) is 9.33. The third-order valence-electron chi connectivity index (χ3n) is 1.98. The maximum atomic E-state index is 3.55. The van der Waals surface area contributed by atoms with Gasteiger partial charge in [-0.3, -0.25) is 0 Å². The Morgan fingerprint density at radius 2 is 1.82 bits per heavy atom. The quantitative estimate of drug-likeness (QED) is 0.425. The number of halogens is 1. The van der Waals surface area contributed by atoms with Crippen LogP contribution in [0.3, 0.4) is 0 Å². The van der Waals surface area contributed by atoms with Crippen LogP contribution >= 0.6 is 22.6 Å². The highest BCUT2D eigenvalue weighted by Crippen LogP contribution is 1.97. The van der Waals surface area contributed by atoms with Crippen molar-refractivity contribution in [2.45, 2.75) is 45.6 Å². The molecule has 0 saturated heterocycles. The first-order chi connectivity index (χ1) is 5.35. The van der Waals surface area contributed by atoms with Gasteiger partial charge in [-0.25, -0.2) is 0 Å². The third kappa shape index (κ3) is 7.06. The fourth-order valence-corrected chi connectivity index (χ4v) is 1.64. The van der Waals surface area contributed by atoms with Crippen LogP contribution in [0.2, 0.25) is 0 Å². The molecule has 0 radical (unpaired) electrons. The molecule has 0 amide bonds. The van der Waals surface area contributed by atoms with Crippen LogP contribution in [0.1, 0.15) is 39.5 Å². The van der Waals surface area contributed by atoms with Crippen LogP contribution in [0.25, 0.3) is 0 Å². The Morgan fingerprint density at radius 1 is 1.18 bits per heavy atom. The Balaban J connectivity index is 3.07. The summed E-state index contributed by atoms with van der Waals surface area (Å²) in [6.07, 6.45) is 5.22. The number of unbranched alkanes of at least 4 members (excludes halogenated alkanes) is 1. The zero-order valence-electron chi connectivity index (χ0n) is 7.70. The molecule has 0 heterocycles. The molecule has 1 N–H and O–H groups in total. The van der Waals surface area contributed by atoms with Crippen molar-refractivity contribution in [3.63, 3.8) is 0 Å². The van der Waals surface area contributed by atoms with Crippen LogP contribution in [0.15, 0.2) is 0 Å². The van der Waals surface area contributed by atoms with Crippen LogP contribution in [-0.2, 0) is 0 Å². The Labute approximate surface area is 84.5 Å². The minimum atomic E-state index is 0.754. The van der Waals surface area contributed by atoms with Crippen molar-refractivity contribution in [2.75, 3.05) is 11.0 Å². The number of rotatable bonds is 7. The first-order valence-electron chi connectivity index (χ1n) is 4.64. The zero-order valence-corrected chi connectivity index (χ0v) is 9.86. The van der Waals surface area contributed by atoms with Crippen molar-refractivity contribution in [1.82, 2.24) is 5.32 Å². The first-order valence-corrected chi connectivity index (χ1v) is 6.17. The van der Waals surface area contributed by atoms with E-state index in [0.717, 1.165) is 6.04 Å².